The number of carbonyl (C=O) groups excluding carboxylic acids is 1. The monoisotopic (exact) mass is 350 g/mol. The minimum atomic E-state index is -0.131. The number of hydrogen-bond donors (Lipinski definition) is 0. The highest BCUT2D eigenvalue weighted by Gasteiger charge is 2.51. The first-order chi connectivity index (χ1) is 12.1. The van der Waals surface area contributed by atoms with Gasteiger partial charge in [0.15, 0.2) is 6.79 Å². The molecule has 0 spiro atoms. The Bertz CT molecular complexity index is 453. The molecule has 25 heavy (non-hydrogen) atoms. The van der Waals surface area contributed by atoms with Gasteiger partial charge < -0.3 is 14.2 Å². The third-order valence-electron chi connectivity index (χ3n) is 7.35. The second kappa shape index (κ2) is 7.19. The van der Waals surface area contributed by atoms with Crippen LogP contribution in [0.25, 0.3) is 0 Å². The predicted molar refractivity (Wildman–Crippen MR) is 94.9 cm³/mol. The lowest BCUT2D eigenvalue weighted by molar-refractivity contribution is -0.172. The van der Waals surface area contributed by atoms with Crippen molar-refractivity contribution in [2.75, 3.05) is 13.4 Å². The van der Waals surface area contributed by atoms with E-state index in [1.165, 1.54) is 38.5 Å². The Balaban J connectivity index is 1.23. The van der Waals surface area contributed by atoms with Crippen molar-refractivity contribution < 1.29 is 19.0 Å². The molecule has 0 aromatic heterocycles. The SMILES string of the molecule is CCC1CC(C(=O)OCOCC23CC4CC(CC(C4)C2)C3)C(CC)O1. The second-order valence-corrected chi connectivity index (χ2v) is 9.30. The van der Waals surface area contributed by atoms with Crippen molar-refractivity contribution in [2.45, 2.75) is 83.8 Å². The maximum atomic E-state index is 12.4. The van der Waals surface area contributed by atoms with E-state index in [1.807, 2.05) is 0 Å². The van der Waals surface area contributed by atoms with Crippen LogP contribution in [0.2, 0.25) is 0 Å². The van der Waals surface area contributed by atoms with Crippen molar-refractivity contribution in [3.8, 4) is 0 Å². The van der Waals surface area contributed by atoms with Gasteiger partial charge in [0.2, 0.25) is 0 Å². The molecule has 1 heterocycles. The van der Waals surface area contributed by atoms with Crippen LogP contribution in [0.15, 0.2) is 0 Å². The first kappa shape index (κ1) is 17.8. The van der Waals surface area contributed by atoms with Crippen molar-refractivity contribution >= 4 is 5.97 Å². The van der Waals surface area contributed by atoms with Crippen LogP contribution in [0.3, 0.4) is 0 Å². The van der Waals surface area contributed by atoms with Gasteiger partial charge in [0.25, 0.3) is 0 Å². The quantitative estimate of drug-likeness (QED) is 0.390. The molecule has 3 unspecified atom stereocenters. The van der Waals surface area contributed by atoms with Gasteiger partial charge in [-0.25, -0.2) is 0 Å². The fourth-order valence-corrected chi connectivity index (χ4v) is 6.66. The van der Waals surface area contributed by atoms with E-state index in [9.17, 15) is 4.79 Å². The number of carbonyl (C=O) groups is 1. The summed E-state index contributed by atoms with van der Waals surface area (Å²) in [6.45, 7) is 5.08. The van der Waals surface area contributed by atoms with Gasteiger partial charge in [-0.15, -0.1) is 0 Å². The van der Waals surface area contributed by atoms with E-state index in [1.54, 1.807) is 0 Å². The van der Waals surface area contributed by atoms with Crippen LogP contribution in [0, 0.1) is 29.1 Å². The summed E-state index contributed by atoms with van der Waals surface area (Å²) in [6.07, 6.45) is 11.2. The molecule has 142 valence electrons. The maximum Gasteiger partial charge on any atom is 0.313 e. The van der Waals surface area contributed by atoms with Crippen molar-refractivity contribution in [1.82, 2.24) is 0 Å². The largest absolute Gasteiger partial charge is 0.438 e. The molecule has 0 N–H and O–H groups in total. The molecule has 4 bridgehead atoms. The van der Waals surface area contributed by atoms with E-state index in [-0.39, 0.29) is 30.9 Å². The Morgan fingerprint density at radius 3 is 2.20 bits per heavy atom. The highest BCUT2D eigenvalue weighted by molar-refractivity contribution is 5.73. The van der Waals surface area contributed by atoms with Crippen LogP contribution in [0.4, 0.5) is 0 Å². The Kier molecular flexibility index (Phi) is 5.11. The molecule has 5 rings (SSSR count). The minimum Gasteiger partial charge on any atom is -0.438 e. The first-order valence-electron chi connectivity index (χ1n) is 10.5. The van der Waals surface area contributed by atoms with Crippen LogP contribution >= 0.6 is 0 Å². The normalized spacial score (nSPS) is 45.0. The van der Waals surface area contributed by atoms with E-state index >= 15 is 0 Å². The lowest BCUT2D eigenvalue weighted by atomic mass is 9.50. The average molecular weight is 350 g/mol. The molecule has 5 aliphatic rings. The zero-order chi connectivity index (χ0) is 17.4. The molecule has 5 fully saturated rings. The summed E-state index contributed by atoms with van der Waals surface area (Å²) >= 11 is 0. The summed E-state index contributed by atoms with van der Waals surface area (Å²) in [5, 5.41) is 0. The third kappa shape index (κ3) is 3.62. The fourth-order valence-electron chi connectivity index (χ4n) is 6.66. The zero-order valence-electron chi connectivity index (χ0n) is 15.9. The number of ether oxygens (including phenoxy) is 3. The van der Waals surface area contributed by atoms with Crippen molar-refractivity contribution in [3.63, 3.8) is 0 Å². The Morgan fingerprint density at radius 1 is 1.00 bits per heavy atom. The average Bonchev–Trinajstić information content (AvgIpc) is 3.01. The smallest absolute Gasteiger partial charge is 0.313 e. The van der Waals surface area contributed by atoms with Gasteiger partial charge in [0.1, 0.15) is 0 Å². The molecule has 1 saturated heterocycles. The van der Waals surface area contributed by atoms with Gasteiger partial charge in [-0.2, -0.15) is 0 Å². The molecule has 4 saturated carbocycles. The molecule has 3 atom stereocenters. The highest BCUT2D eigenvalue weighted by Crippen LogP contribution is 2.60. The maximum absolute atomic E-state index is 12.4. The molecule has 1 aliphatic heterocycles. The van der Waals surface area contributed by atoms with Crippen LogP contribution < -0.4 is 0 Å². The lowest BCUT2D eigenvalue weighted by Crippen LogP contribution is -2.48. The Morgan fingerprint density at radius 2 is 1.64 bits per heavy atom. The summed E-state index contributed by atoms with van der Waals surface area (Å²) in [7, 11) is 0. The number of rotatable bonds is 7. The molecule has 0 amide bonds. The molecule has 0 aromatic rings. The lowest BCUT2D eigenvalue weighted by Gasteiger charge is -2.56. The molecule has 0 aromatic carbocycles. The van der Waals surface area contributed by atoms with Crippen LogP contribution in [0.1, 0.15) is 71.6 Å². The summed E-state index contributed by atoms with van der Waals surface area (Å²) < 4.78 is 17.3. The van der Waals surface area contributed by atoms with E-state index in [0.717, 1.165) is 43.6 Å². The number of esters is 1. The molecule has 4 aliphatic carbocycles. The zero-order valence-corrected chi connectivity index (χ0v) is 15.9. The van der Waals surface area contributed by atoms with Crippen LogP contribution in [-0.4, -0.2) is 31.6 Å². The van der Waals surface area contributed by atoms with Gasteiger partial charge in [0.05, 0.1) is 24.7 Å². The summed E-state index contributed by atoms with van der Waals surface area (Å²) in [6, 6.07) is 0. The topological polar surface area (TPSA) is 44.8 Å². The van der Waals surface area contributed by atoms with E-state index in [4.69, 9.17) is 14.2 Å². The first-order valence-corrected chi connectivity index (χ1v) is 10.5. The van der Waals surface area contributed by atoms with Gasteiger partial charge in [0, 0.05) is 0 Å². The molecule has 4 heteroatoms. The van der Waals surface area contributed by atoms with E-state index in [0.29, 0.717) is 5.41 Å². The molecule has 0 radical (unpaired) electrons. The summed E-state index contributed by atoms with van der Waals surface area (Å²) in [4.78, 5) is 12.4. The van der Waals surface area contributed by atoms with Gasteiger partial charge >= 0.3 is 5.97 Å². The van der Waals surface area contributed by atoms with E-state index < -0.39 is 0 Å². The second-order valence-electron chi connectivity index (χ2n) is 9.30. The van der Waals surface area contributed by atoms with E-state index in [2.05, 4.69) is 13.8 Å². The van der Waals surface area contributed by atoms with Crippen molar-refractivity contribution in [1.29, 1.82) is 0 Å². The minimum absolute atomic E-state index is 0.0144. The van der Waals surface area contributed by atoms with Crippen molar-refractivity contribution in [3.05, 3.63) is 0 Å². The van der Waals surface area contributed by atoms with Gasteiger partial charge in [-0.05, 0) is 81.0 Å². The summed E-state index contributed by atoms with van der Waals surface area (Å²) in [5.41, 5.74) is 0.386. The number of hydrogen-bond acceptors (Lipinski definition) is 4. The van der Waals surface area contributed by atoms with Gasteiger partial charge in [-0.1, -0.05) is 13.8 Å². The van der Waals surface area contributed by atoms with Gasteiger partial charge in [-0.3, -0.25) is 4.79 Å². The predicted octanol–water partition coefficient (Wildman–Crippen LogP) is 4.31. The van der Waals surface area contributed by atoms with Crippen LogP contribution in [-0.2, 0) is 19.0 Å². The summed E-state index contributed by atoms with van der Waals surface area (Å²) in [5.74, 6) is 2.56. The Hall–Kier alpha value is -0.610. The standard InChI is InChI=1S/C21H34O4/c1-3-17-8-18(19(4-2)25-17)20(22)24-13-23-12-21-9-14-5-15(10-21)7-16(6-14)11-21/h14-19H,3-13H2,1-2H3. The fraction of sp³-hybridized carbons (Fsp3) is 0.952. The Labute approximate surface area is 152 Å². The molecule has 4 nitrogen and oxygen atoms in total. The third-order valence-corrected chi connectivity index (χ3v) is 7.35. The molecular formula is C21H34O4. The highest BCUT2D eigenvalue weighted by atomic mass is 16.7. The van der Waals surface area contributed by atoms with Crippen LogP contribution in [0.5, 0.6) is 0 Å². The van der Waals surface area contributed by atoms with Crippen molar-refractivity contribution in [2.24, 2.45) is 29.1 Å². The molecular weight excluding hydrogens is 316 g/mol.